The number of fused-ring (bicyclic) bond motifs is 1. The van der Waals surface area contributed by atoms with Crippen molar-refractivity contribution < 1.29 is 23.9 Å². The van der Waals surface area contributed by atoms with Crippen molar-refractivity contribution in [2.24, 2.45) is 0 Å². The summed E-state index contributed by atoms with van der Waals surface area (Å²) in [6, 6.07) is 12.1. The Labute approximate surface area is 188 Å². The number of hydrogen-bond acceptors (Lipinski definition) is 7. The topological polar surface area (TPSA) is 84.9 Å². The van der Waals surface area contributed by atoms with Crippen molar-refractivity contribution in [1.82, 2.24) is 4.90 Å². The quantitative estimate of drug-likeness (QED) is 0.403. The fourth-order valence-electron chi connectivity index (χ4n) is 3.07. The first-order valence-corrected chi connectivity index (χ1v) is 10.7. The highest BCUT2D eigenvalue weighted by atomic mass is 32.2. The molecular formula is C22H18N2O5S2. The van der Waals surface area contributed by atoms with E-state index in [1.807, 2.05) is 6.07 Å². The van der Waals surface area contributed by atoms with E-state index in [1.54, 1.807) is 42.5 Å². The van der Waals surface area contributed by atoms with Gasteiger partial charge in [-0.25, -0.2) is 0 Å². The number of thiocarbonyl (C=S) groups is 1. The van der Waals surface area contributed by atoms with Crippen LogP contribution in [0.3, 0.4) is 0 Å². The van der Waals surface area contributed by atoms with Gasteiger partial charge in [-0.15, -0.1) is 0 Å². The van der Waals surface area contributed by atoms with Crippen molar-refractivity contribution in [2.45, 2.75) is 13.3 Å². The summed E-state index contributed by atoms with van der Waals surface area (Å²) < 4.78 is 11.1. The maximum Gasteiger partial charge on any atom is 0.266 e. The molecule has 9 heteroatoms. The lowest BCUT2D eigenvalue weighted by Crippen LogP contribution is -2.31. The molecule has 0 atom stereocenters. The summed E-state index contributed by atoms with van der Waals surface area (Å²) in [5, 5.41) is 2.76. The molecule has 0 bridgehead atoms. The zero-order valence-electron chi connectivity index (χ0n) is 16.5. The van der Waals surface area contributed by atoms with Crippen LogP contribution in [0.15, 0.2) is 47.4 Å². The van der Waals surface area contributed by atoms with Crippen LogP contribution in [-0.4, -0.2) is 40.2 Å². The molecule has 2 aliphatic rings. The Hall–Kier alpha value is -3.17. The SMILES string of the molecule is CC(=O)c1ccc(NC(=O)CCN2C(=O)/C(=C/c3ccc4c(c3)OCO4)SC2=S)cc1. The highest BCUT2D eigenvalue weighted by Crippen LogP contribution is 2.36. The van der Waals surface area contributed by atoms with Crippen LogP contribution < -0.4 is 14.8 Å². The highest BCUT2D eigenvalue weighted by Gasteiger charge is 2.32. The molecule has 1 fully saturated rings. The van der Waals surface area contributed by atoms with E-state index >= 15 is 0 Å². The van der Waals surface area contributed by atoms with Crippen molar-refractivity contribution in [3.63, 3.8) is 0 Å². The Morgan fingerprint density at radius 2 is 1.90 bits per heavy atom. The molecule has 0 radical (unpaired) electrons. The third-order valence-electron chi connectivity index (χ3n) is 4.71. The average Bonchev–Trinajstić information content (AvgIpc) is 3.31. The maximum atomic E-state index is 12.8. The minimum atomic E-state index is -0.246. The number of hydrogen-bond donors (Lipinski definition) is 1. The molecule has 2 aromatic carbocycles. The van der Waals surface area contributed by atoms with Gasteiger partial charge in [0.15, 0.2) is 17.3 Å². The number of benzene rings is 2. The van der Waals surface area contributed by atoms with Crippen molar-refractivity contribution in [3.8, 4) is 11.5 Å². The predicted octanol–water partition coefficient (Wildman–Crippen LogP) is 3.85. The molecule has 2 aliphatic heterocycles. The fourth-order valence-corrected chi connectivity index (χ4v) is 4.38. The maximum absolute atomic E-state index is 12.8. The summed E-state index contributed by atoms with van der Waals surface area (Å²) in [6.07, 6.45) is 1.84. The van der Waals surface area contributed by atoms with Crippen molar-refractivity contribution in [2.75, 3.05) is 18.7 Å². The van der Waals surface area contributed by atoms with E-state index in [0.29, 0.717) is 32.0 Å². The highest BCUT2D eigenvalue weighted by molar-refractivity contribution is 8.26. The van der Waals surface area contributed by atoms with Crippen molar-refractivity contribution >= 4 is 57.7 Å². The third-order valence-corrected chi connectivity index (χ3v) is 6.08. The van der Waals surface area contributed by atoms with Crippen LogP contribution >= 0.6 is 24.0 Å². The Balaban J connectivity index is 1.35. The number of Topliss-reactive ketones (excluding diaryl/α,β-unsaturated/α-hetero) is 1. The van der Waals surface area contributed by atoms with Crippen LogP contribution in [0.2, 0.25) is 0 Å². The number of ether oxygens (including phenoxy) is 2. The number of rotatable bonds is 6. The van der Waals surface area contributed by atoms with E-state index in [1.165, 1.54) is 23.6 Å². The van der Waals surface area contributed by atoms with Gasteiger partial charge >= 0.3 is 0 Å². The van der Waals surface area contributed by atoms with Crippen LogP contribution in [0, 0.1) is 0 Å². The predicted molar refractivity (Wildman–Crippen MR) is 122 cm³/mol. The second-order valence-electron chi connectivity index (χ2n) is 6.88. The number of nitrogens with one attached hydrogen (secondary N) is 1. The molecule has 2 heterocycles. The molecule has 31 heavy (non-hydrogen) atoms. The molecular weight excluding hydrogens is 436 g/mol. The van der Waals surface area contributed by atoms with Gasteiger partial charge in [-0.1, -0.05) is 30.0 Å². The summed E-state index contributed by atoms with van der Waals surface area (Å²) in [7, 11) is 0. The Morgan fingerprint density at radius 1 is 1.16 bits per heavy atom. The molecule has 0 saturated carbocycles. The lowest BCUT2D eigenvalue weighted by molar-refractivity contribution is -0.122. The molecule has 0 spiro atoms. The number of carbonyl (C=O) groups excluding carboxylic acids is 3. The van der Waals surface area contributed by atoms with Gasteiger partial charge in [0.05, 0.1) is 4.91 Å². The number of nitrogens with zero attached hydrogens (tertiary/aromatic N) is 1. The Bertz CT molecular complexity index is 1110. The van der Waals surface area contributed by atoms with Crippen molar-refractivity contribution in [3.05, 3.63) is 58.5 Å². The summed E-state index contributed by atoms with van der Waals surface area (Å²) in [6.45, 7) is 1.85. The third kappa shape index (κ3) is 4.78. The molecule has 158 valence electrons. The summed E-state index contributed by atoms with van der Waals surface area (Å²) in [4.78, 5) is 38.3. The fraction of sp³-hybridized carbons (Fsp3) is 0.182. The number of ketones is 1. The zero-order chi connectivity index (χ0) is 22.0. The largest absolute Gasteiger partial charge is 0.454 e. The van der Waals surface area contributed by atoms with Gasteiger partial charge in [-0.3, -0.25) is 19.3 Å². The van der Waals surface area contributed by atoms with Gasteiger partial charge in [-0.2, -0.15) is 0 Å². The van der Waals surface area contributed by atoms with E-state index in [0.717, 1.165) is 5.56 Å². The number of amides is 2. The normalized spacial score (nSPS) is 16.2. The van der Waals surface area contributed by atoms with Crippen LogP contribution in [-0.2, 0) is 9.59 Å². The van der Waals surface area contributed by atoms with E-state index in [-0.39, 0.29) is 37.4 Å². The Morgan fingerprint density at radius 3 is 2.65 bits per heavy atom. The summed E-state index contributed by atoms with van der Waals surface area (Å²) in [5.41, 5.74) is 1.96. The number of anilines is 1. The second-order valence-corrected chi connectivity index (χ2v) is 8.55. The smallest absolute Gasteiger partial charge is 0.266 e. The lowest BCUT2D eigenvalue weighted by Gasteiger charge is -2.14. The van der Waals surface area contributed by atoms with Crippen LogP contribution in [0.1, 0.15) is 29.3 Å². The second kappa shape index (κ2) is 8.91. The molecule has 2 aromatic rings. The van der Waals surface area contributed by atoms with Gasteiger partial charge in [0.1, 0.15) is 4.32 Å². The van der Waals surface area contributed by atoms with E-state index < -0.39 is 0 Å². The number of carbonyl (C=O) groups is 3. The monoisotopic (exact) mass is 454 g/mol. The van der Waals surface area contributed by atoms with Gasteiger partial charge in [-0.05, 0) is 55.0 Å². The first-order chi connectivity index (χ1) is 14.9. The molecule has 4 rings (SSSR count). The van der Waals surface area contributed by atoms with Gasteiger partial charge < -0.3 is 14.8 Å². The molecule has 0 aliphatic carbocycles. The van der Waals surface area contributed by atoms with Crippen molar-refractivity contribution in [1.29, 1.82) is 0 Å². The Kier molecular flexibility index (Phi) is 6.06. The van der Waals surface area contributed by atoms with E-state index in [4.69, 9.17) is 21.7 Å². The van der Waals surface area contributed by atoms with E-state index in [2.05, 4.69) is 5.32 Å². The standard InChI is InChI=1S/C22H18N2O5S2/c1-13(25)15-3-5-16(6-4-15)23-20(26)8-9-24-21(27)19(31-22(24)30)11-14-2-7-17-18(10-14)29-12-28-17/h2-7,10-11H,8-9,12H2,1H3,(H,23,26)/b19-11-. The van der Waals surface area contributed by atoms with Crippen LogP contribution in [0.25, 0.3) is 6.08 Å². The van der Waals surface area contributed by atoms with Crippen LogP contribution in [0.4, 0.5) is 5.69 Å². The molecule has 1 N–H and O–H groups in total. The van der Waals surface area contributed by atoms with Crippen LogP contribution in [0.5, 0.6) is 11.5 Å². The average molecular weight is 455 g/mol. The van der Waals surface area contributed by atoms with Gasteiger partial charge in [0.25, 0.3) is 5.91 Å². The summed E-state index contributed by atoms with van der Waals surface area (Å²) in [5.74, 6) is 0.792. The lowest BCUT2D eigenvalue weighted by atomic mass is 10.1. The zero-order valence-corrected chi connectivity index (χ0v) is 18.2. The molecule has 2 amide bonds. The van der Waals surface area contributed by atoms with E-state index in [9.17, 15) is 14.4 Å². The molecule has 0 unspecified atom stereocenters. The van der Waals surface area contributed by atoms with Gasteiger partial charge in [0, 0.05) is 24.2 Å². The summed E-state index contributed by atoms with van der Waals surface area (Å²) >= 11 is 6.53. The minimum Gasteiger partial charge on any atom is -0.454 e. The van der Waals surface area contributed by atoms with Gasteiger partial charge in [0.2, 0.25) is 12.7 Å². The first-order valence-electron chi connectivity index (χ1n) is 9.46. The minimum absolute atomic E-state index is 0.0407. The first kappa shape index (κ1) is 21.1. The molecule has 0 aromatic heterocycles. The number of thioether (sulfide) groups is 1. The molecule has 7 nitrogen and oxygen atoms in total. The molecule has 1 saturated heterocycles.